The van der Waals surface area contributed by atoms with Crippen LogP contribution in [-0.4, -0.2) is 86.1 Å². The monoisotopic (exact) mass is 423 g/mol. The summed E-state index contributed by atoms with van der Waals surface area (Å²) < 4.78 is 0. The third-order valence-corrected chi connectivity index (χ3v) is 5.41. The molecular weight excluding hydrogens is 398 g/mol. The van der Waals surface area contributed by atoms with Gasteiger partial charge in [-0.2, -0.15) is 0 Å². The van der Waals surface area contributed by atoms with Crippen molar-refractivity contribution in [1.29, 1.82) is 0 Å². The number of carbonyl (C=O) groups is 3. The average Bonchev–Trinajstić information content (AvgIpc) is 3.43. The van der Waals surface area contributed by atoms with Gasteiger partial charge >= 0.3 is 5.97 Å². The lowest BCUT2D eigenvalue weighted by atomic mass is 9.83. The minimum atomic E-state index is -1.76. The summed E-state index contributed by atoms with van der Waals surface area (Å²) in [6.07, 6.45) is 2.87. The summed E-state index contributed by atoms with van der Waals surface area (Å²) in [6.45, 7) is -0.410. The first-order valence-corrected chi connectivity index (χ1v) is 9.59. The summed E-state index contributed by atoms with van der Waals surface area (Å²) >= 11 is 0. The van der Waals surface area contributed by atoms with Gasteiger partial charge in [0.05, 0.1) is 24.7 Å². The molecule has 2 aliphatic rings. The number of carboxylic acids is 1. The molecule has 2 fully saturated rings. The molecule has 0 spiro atoms. The molecule has 12 nitrogen and oxygen atoms in total. The van der Waals surface area contributed by atoms with E-state index in [4.69, 9.17) is 12.0 Å². The van der Waals surface area contributed by atoms with Crippen molar-refractivity contribution in [3.63, 3.8) is 0 Å². The van der Waals surface area contributed by atoms with Crippen LogP contribution >= 0.6 is 0 Å². The first-order chi connectivity index (χ1) is 14.3. The van der Waals surface area contributed by atoms with Crippen molar-refractivity contribution in [2.45, 2.75) is 68.5 Å². The number of hydrogen-bond donors (Lipinski definition) is 5. The number of likely N-dealkylation sites (tertiary alicyclic amines) is 1. The van der Waals surface area contributed by atoms with Gasteiger partial charge in [-0.25, -0.2) is 0 Å². The molecule has 0 radical (unpaired) electrons. The molecule has 1 saturated carbocycles. The van der Waals surface area contributed by atoms with Gasteiger partial charge in [-0.05, 0) is 18.4 Å². The Kier molecular flexibility index (Phi) is 8.02. The number of nitrogens with zero attached hydrogens (tertiary/aromatic N) is 4. The molecule has 30 heavy (non-hydrogen) atoms. The molecule has 1 aliphatic heterocycles. The topological polar surface area (TPSA) is 196 Å². The standard InChI is InChI=1S/C18H25N5O7/c1-2-3-4-5-6-7-10(24)21-9(8-20-22-19)17(28)23-12-11(18(29)30)14(25)16(27)15(26)13(12)23/h1,9,11-16,25-27H,3-8H2,(H,21,24)(H,29,30)/t9?,11-,12?,13?,14+,15-,16-,23?/m0/s1. The molecule has 0 aromatic carbocycles. The van der Waals surface area contributed by atoms with Crippen molar-refractivity contribution in [2.24, 2.45) is 11.0 Å². The number of aliphatic carboxylic acids is 1. The molecule has 2 rings (SSSR count). The molecule has 1 heterocycles. The highest BCUT2D eigenvalue weighted by molar-refractivity contribution is 5.91. The molecule has 7 atom stereocenters. The van der Waals surface area contributed by atoms with Crippen molar-refractivity contribution in [2.75, 3.05) is 6.54 Å². The number of carbonyl (C=O) groups excluding carboxylic acids is 2. The Hall–Kier alpha value is -2.84. The lowest BCUT2D eigenvalue weighted by Gasteiger charge is -2.30. The lowest BCUT2D eigenvalue weighted by molar-refractivity contribution is -0.156. The second-order valence-corrected chi connectivity index (χ2v) is 7.36. The zero-order valence-electron chi connectivity index (χ0n) is 16.2. The zero-order valence-corrected chi connectivity index (χ0v) is 16.2. The van der Waals surface area contributed by atoms with Gasteiger partial charge in [0, 0.05) is 17.8 Å². The van der Waals surface area contributed by atoms with Gasteiger partial charge < -0.3 is 30.6 Å². The fourth-order valence-corrected chi connectivity index (χ4v) is 3.86. The number of fused-ring (bicyclic) bond motifs is 1. The van der Waals surface area contributed by atoms with Gasteiger partial charge in [-0.1, -0.05) is 11.5 Å². The molecule has 164 valence electrons. The van der Waals surface area contributed by atoms with Gasteiger partial charge in [0.25, 0.3) is 0 Å². The third-order valence-electron chi connectivity index (χ3n) is 5.41. The van der Waals surface area contributed by atoms with E-state index in [1.807, 2.05) is 0 Å². The number of unbranched alkanes of at least 4 members (excludes halogenated alkanes) is 3. The summed E-state index contributed by atoms with van der Waals surface area (Å²) in [4.78, 5) is 40.1. The second-order valence-electron chi connectivity index (χ2n) is 7.36. The molecule has 1 saturated heterocycles. The number of rotatable bonds is 10. The van der Waals surface area contributed by atoms with Crippen LogP contribution in [-0.2, 0) is 14.4 Å². The van der Waals surface area contributed by atoms with Gasteiger partial charge in [0.1, 0.15) is 24.2 Å². The first-order valence-electron chi connectivity index (χ1n) is 9.59. The Balaban J connectivity index is 2.06. The summed E-state index contributed by atoms with van der Waals surface area (Å²) in [5, 5.41) is 45.1. The van der Waals surface area contributed by atoms with Crippen LogP contribution in [0.15, 0.2) is 5.11 Å². The van der Waals surface area contributed by atoms with Crippen LogP contribution in [0.1, 0.15) is 32.1 Å². The maximum absolute atomic E-state index is 12.9. The van der Waals surface area contributed by atoms with Crippen molar-refractivity contribution in [3.05, 3.63) is 10.4 Å². The highest BCUT2D eigenvalue weighted by atomic mass is 16.4. The Labute approximate surface area is 172 Å². The fraction of sp³-hybridized carbons (Fsp3) is 0.722. The molecule has 3 unspecified atom stereocenters. The van der Waals surface area contributed by atoms with E-state index in [0.29, 0.717) is 12.8 Å². The lowest BCUT2D eigenvalue weighted by Crippen LogP contribution is -2.53. The molecular formula is C18H25N5O7. The molecule has 12 heteroatoms. The SMILES string of the molecule is C#CCCCCCC(=O)NC(CN=[N+]=[N-])C(=O)N1C2C1[C@H](C(=O)O)[C@@H](O)[C@H](O)[C@H]2O. The molecule has 0 aromatic rings. The number of aliphatic hydroxyl groups is 3. The van der Waals surface area contributed by atoms with E-state index in [-0.39, 0.29) is 6.42 Å². The molecule has 1 aliphatic carbocycles. The van der Waals surface area contributed by atoms with E-state index < -0.39 is 66.7 Å². The number of nitrogens with one attached hydrogen (secondary N) is 1. The number of aliphatic hydroxyl groups excluding tert-OH is 3. The second kappa shape index (κ2) is 10.3. The summed E-state index contributed by atoms with van der Waals surface area (Å²) in [6, 6.07) is -3.33. The average molecular weight is 423 g/mol. The van der Waals surface area contributed by atoms with Crippen LogP contribution < -0.4 is 5.32 Å². The van der Waals surface area contributed by atoms with E-state index in [0.717, 1.165) is 17.7 Å². The van der Waals surface area contributed by atoms with Crippen molar-refractivity contribution in [3.8, 4) is 12.3 Å². The van der Waals surface area contributed by atoms with Crippen LogP contribution in [0.3, 0.4) is 0 Å². The molecule has 5 N–H and O–H groups in total. The number of amides is 2. The zero-order chi connectivity index (χ0) is 22.4. The highest BCUT2D eigenvalue weighted by Gasteiger charge is 2.68. The first kappa shape index (κ1) is 23.4. The maximum Gasteiger partial charge on any atom is 0.311 e. The number of carboxylic acid groups (broad SMARTS) is 1. The van der Waals surface area contributed by atoms with Crippen LogP contribution in [0.2, 0.25) is 0 Å². The summed E-state index contributed by atoms with van der Waals surface area (Å²) in [5.41, 5.74) is 8.56. The molecule has 2 amide bonds. The van der Waals surface area contributed by atoms with E-state index in [2.05, 4.69) is 21.3 Å². The Morgan fingerprint density at radius 1 is 1.13 bits per heavy atom. The predicted octanol–water partition coefficient (Wildman–Crippen LogP) is -1.26. The van der Waals surface area contributed by atoms with Crippen LogP contribution in [0.4, 0.5) is 0 Å². The molecule has 0 aromatic heterocycles. The summed E-state index contributed by atoms with van der Waals surface area (Å²) in [7, 11) is 0. The largest absolute Gasteiger partial charge is 0.481 e. The Morgan fingerprint density at radius 3 is 2.43 bits per heavy atom. The smallest absolute Gasteiger partial charge is 0.311 e. The van der Waals surface area contributed by atoms with Gasteiger partial charge in [-0.15, -0.1) is 12.3 Å². The fourth-order valence-electron chi connectivity index (χ4n) is 3.86. The van der Waals surface area contributed by atoms with E-state index >= 15 is 0 Å². The van der Waals surface area contributed by atoms with E-state index in [9.17, 15) is 34.8 Å². The van der Waals surface area contributed by atoms with Crippen LogP contribution in [0, 0.1) is 18.3 Å². The maximum atomic E-state index is 12.9. The number of hydrogen-bond acceptors (Lipinski definition) is 7. The van der Waals surface area contributed by atoms with E-state index in [1.165, 1.54) is 0 Å². The minimum absolute atomic E-state index is 0.120. The van der Waals surface area contributed by atoms with Crippen LogP contribution in [0.25, 0.3) is 10.4 Å². The van der Waals surface area contributed by atoms with Gasteiger partial charge in [-0.3, -0.25) is 14.4 Å². The van der Waals surface area contributed by atoms with Crippen molar-refractivity contribution >= 4 is 17.8 Å². The van der Waals surface area contributed by atoms with Crippen molar-refractivity contribution in [1.82, 2.24) is 10.2 Å². The number of terminal acetylenes is 1. The normalized spacial score (nSPS) is 30.3. The number of azide groups is 1. The van der Waals surface area contributed by atoms with Gasteiger partial charge in [0.2, 0.25) is 11.8 Å². The molecule has 0 bridgehead atoms. The van der Waals surface area contributed by atoms with Crippen LogP contribution in [0.5, 0.6) is 0 Å². The quantitative estimate of drug-likeness (QED) is 0.0721. The predicted molar refractivity (Wildman–Crippen MR) is 101 cm³/mol. The van der Waals surface area contributed by atoms with E-state index in [1.54, 1.807) is 0 Å². The Bertz CT molecular complexity index is 763. The summed E-state index contributed by atoms with van der Waals surface area (Å²) in [5.74, 6) is -1.64. The highest BCUT2D eigenvalue weighted by Crippen LogP contribution is 2.45. The van der Waals surface area contributed by atoms with Gasteiger partial charge in [0.15, 0.2) is 0 Å². The van der Waals surface area contributed by atoms with Crippen molar-refractivity contribution < 1.29 is 34.8 Å². The minimum Gasteiger partial charge on any atom is -0.481 e. The Morgan fingerprint density at radius 2 is 1.83 bits per heavy atom. The third kappa shape index (κ3) is 5.01.